The first-order valence-corrected chi connectivity index (χ1v) is 7.81. The van der Waals surface area contributed by atoms with Gasteiger partial charge >= 0.3 is 0 Å². The third-order valence-corrected chi connectivity index (χ3v) is 3.67. The van der Waals surface area contributed by atoms with Crippen molar-refractivity contribution in [1.29, 1.82) is 0 Å². The Morgan fingerprint density at radius 1 is 1.17 bits per heavy atom. The molecule has 0 saturated heterocycles. The van der Waals surface area contributed by atoms with E-state index < -0.39 is 0 Å². The average Bonchev–Trinajstić information content (AvgIpc) is 2.55. The van der Waals surface area contributed by atoms with Gasteiger partial charge in [0.1, 0.15) is 5.75 Å². The minimum atomic E-state index is -0.0179. The van der Waals surface area contributed by atoms with Crippen molar-refractivity contribution in [3.05, 3.63) is 59.7 Å². The van der Waals surface area contributed by atoms with E-state index in [0.717, 1.165) is 23.4 Å². The van der Waals surface area contributed by atoms with Crippen molar-refractivity contribution in [3.63, 3.8) is 0 Å². The molecule has 0 aliphatic rings. The van der Waals surface area contributed by atoms with Crippen molar-refractivity contribution in [1.82, 2.24) is 4.90 Å². The number of methoxy groups -OCH3 is 1. The Balaban J connectivity index is 1.91. The van der Waals surface area contributed by atoms with E-state index in [9.17, 15) is 4.79 Å². The Hall–Kier alpha value is -2.33. The van der Waals surface area contributed by atoms with Crippen LogP contribution < -0.4 is 10.1 Å². The molecule has 2 rings (SSSR count). The average molecular weight is 312 g/mol. The van der Waals surface area contributed by atoms with Gasteiger partial charge in [-0.05, 0) is 37.2 Å². The molecule has 2 aromatic rings. The highest BCUT2D eigenvalue weighted by molar-refractivity contribution is 5.92. The Bertz CT molecular complexity index is 655. The lowest BCUT2D eigenvalue weighted by Gasteiger charge is -2.18. The van der Waals surface area contributed by atoms with Crippen LogP contribution in [0.5, 0.6) is 5.75 Å². The second-order valence-electron chi connectivity index (χ2n) is 5.59. The highest BCUT2D eigenvalue weighted by Crippen LogP contribution is 2.18. The third-order valence-electron chi connectivity index (χ3n) is 3.67. The molecule has 4 heteroatoms. The maximum absolute atomic E-state index is 12.2. The molecule has 1 amide bonds. The summed E-state index contributed by atoms with van der Waals surface area (Å²) in [6, 6.07) is 15.8. The number of aryl methyl sites for hydroxylation is 1. The van der Waals surface area contributed by atoms with Gasteiger partial charge in [0.15, 0.2) is 0 Å². The normalized spacial score (nSPS) is 10.6. The van der Waals surface area contributed by atoms with Crippen molar-refractivity contribution in [3.8, 4) is 5.75 Å². The van der Waals surface area contributed by atoms with Gasteiger partial charge in [-0.1, -0.05) is 37.3 Å². The Morgan fingerprint density at radius 3 is 2.70 bits per heavy atom. The van der Waals surface area contributed by atoms with E-state index in [1.165, 1.54) is 5.56 Å². The first kappa shape index (κ1) is 17.0. The Kier molecular flexibility index (Phi) is 6.18. The first-order valence-electron chi connectivity index (χ1n) is 7.81. The van der Waals surface area contributed by atoms with Gasteiger partial charge in [0, 0.05) is 17.8 Å². The van der Waals surface area contributed by atoms with Crippen LogP contribution in [0, 0.1) is 0 Å². The van der Waals surface area contributed by atoms with Crippen LogP contribution >= 0.6 is 0 Å². The van der Waals surface area contributed by atoms with Gasteiger partial charge in [-0.25, -0.2) is 0 Å². The van der Waals surface area contributed by atoms with Crippen LogP contribution in [-0.4, -0.2) is 31.5 Å². The van der Waals surface area contributed by atoms with Gasteiger partial charge in [-0.3, -0.25) is 9.69 Å². The predicted molar refractivity (Wildman–Crippen MR) is 93.8 cm³/mol. The number of carbonyl (C=O) groups is 1. The fourth-order valence-electron chi connectivity index (χ4n) is 2.49. The number of likely N-dealkylation sites (N-methyl/N-ethyl adjacent to an activating group) is 1. The van der Waals surface area contributed by atoms with Crippen molar-refractivity contribution in [2.24, 2.45) is 0 Å². The standard InChI is InChI=1S/C19H24N2O2/c1-4-15-8-7-10-17(12-15)20-19(22)14-21(2)13-16-9-5-6-11-18(16)23-3/h5-12H,4,13-14H2,1-3H3,(H,20,22). The summed E-state index contributed by atoms with van der Waals surface area (Å²) in [5, 5.41) is 2.95. The molecule has 0 heterocycles. The number of para-hydroxylation sites is 1. The van der Waals surface area contributed by atoms with Crippen molar-refractivity contribution >= 4 is 11.6 Å². The molecule has 0 aromatic heterocycles. The van der Waals surface area contributed by atoms with Crippen LogP contribution in [0.1, 0.15) is 18.1 Å². The molecule has 122 valence electrons. The molecule has 0 saturated carbocycles. The fourth-order valence-corrected chi connectivity index (χ4v) is 2.49. The lowest BCUT2D eigenvalue weighted by molar-refractivity contribution is -0.117. The van der Waals surface area contributed by atoms with Crippen LogP contribution in [0.2, 0.25) is 0 Å². The minimum Gasteiger partial charge on any atom is -0.496 e. The SMILES string of the molecule is CCc1cccc(NC(=O)CN(C)Cc2ccccc2OC)c1. The quantitative estimate of drug-likeness (QED) is 0.852. The summed E-state index contributed by atoms with van der Waals surface area (Å²) in [5.74, 6) is 0.825. The van der Waals surface area contributed by atoms with Crippen LogP contribution in [0.4, 0.5) is 5.69 Å². The topological polar surface area (TPSA) is 41.6 Å². The Morgan fingerprint density at radius 2 is 1.96 bits per heavy atom. The summed E-state index contributed by atoms with van der Waals surface area (Å²) in [4.78, 5) is 14.2. The number of benzene rings is 2. The zero-order valence-electron chi connectivity index (χ0n) is 14.0. The fraction of sp³-hybridized carbons (Fsp3) is 0.316. The molecular formula is C19H24N2O2. The highest BCUT2D eigenvalue weighted by atomic mass is 16.5. The molecule has 0 unspecified atom stereocenters. The van der Waals surface area contributed by atoms with Crippen molar-refractivity contribution in [2.75, 3.05) is 26.0 Å². The second-order valence-corrected chi connectivity index (χ2v) is 5.59. The molecule has 1 N–H and O–H groups in total. The van der Waals surface area contributed by atoms with Crippen LogP contribution in [-0.2, 0) is 17.8 Å². The molecule has 0 atom stereocenters. The molecule has 0 fully saturated rings. The van der Waals surface area contributed by atoms with E-state index in [1.54, 1.807) is 7.11 Å². The number of nitrogens with zero attached hydrogens (tertiary/aromatic N) is 1. The van der Waals surface area contributed by atoms with E-state index in [-0.39, 0.29) is 5.91 Å². The van der Waals surface area contributed by atoms with Crippen molar-refractivity contribution < 1.29 is 9.53 Å². The summed E-state index contributed by atoms with van der Waals surface area (Å²) < 4.78 is 5.35. The number of amides is 1. The number of hydrogen-bond donors (Lipinski definition) is 1. The summed E-state index contributed by atoms with van der Waals surface area (Å²) in [6.45, 7) is 3.09. The summed E-state index contributed by atoms with van der Waals surface area (Å²) in [5.41, 5.74) is 3.13. The zero-order valence-corrected chi connectivity index (χ0v) is 14.0. The number of rotatable bonds is 7. The van der Waals surface area contributed by atoms with E-state index in [4.69, 9.17) is 4.74 Å². The molecule has 0 spiro atoms. The minimum absolute atomic E-state index is 0.0179. The molecular weight excluding hydrogens is 288 g/mol. The second kappa shape index (κ2) is 8.34. The Labute approximate surface area is 138 Å². The summed E-state index contributed by atoms with van der Waals surface area (Å²) in [7, 11) is 3.58. The van der Waals surface area contributed by atoms with E-state index in [2.05, 4.69) is 18.3 Å². The van der Waals surface area contributed by atoms with Crippen LogP contribution in [0.15, 0.2) is 48.5 Å². The largest absolute Gasteiger partial charge is 0.496 e. The van der Waals surface area contributed by atoms with Gasteiger partial charge in [-0.2, -0.15) is 0 Å². The summed E-state index contributed by atoms with van der Waals surface area (Å²) in [6.07, 6.45) is 0.956. The smallest absolute Gasteiger partial charge is 0.238 e. The number of anilines is 1. The zero-order chi connectivity index (χ0) is 16.7. The number of carbonyl (C=O) groups excluding carboxylic acids is 1. The lowest BCUT2D eigenvalue weighted by Crippen LogP contribution is -2.30. The van der Waals surface area contributed by atoms with Gasteiger partial charge < -0.3 is 10.1 Å². The maximum Gasteiger partial charge on any atom is 0.238 e. The van der Waals surface area contributed by atoms with Crippen LogP contribution in [0.25, 0.3) is 0 Å². The predicted octanol–water partition coefficient (Wildman–Crippen LogP) is 3.33. The maximum atomic E-state index is 12.2. The molecule has 4 nitrogen and oxygen atoms in total. The number of nitrogens with one attached hydrogen (secondary N) is 1. The third kappa shape index (κ3) is 5.11. The van der Waals surface area contributed by atoms with Gasteiger partial charge in [-0.15, -0.1) is 0 Å². The van der Waals surface area contributed by atoms with Crippen LogP contribution in [0.3, 0.4) is 0 Å². The number of hydrogen-bond acceptors (Lipinski definition) is 3. The molecule has 23 heavy (non-hydrogen) atoms. The molecule has 0 bridgehead atoms. The van der Waals surface area contributed by atoms with Gasteiger partial charge in [0.25, 0.3) is 0 Å². The molecule has 0 aliphatic heterocycles. The molecule has 0 radical (unpaired) electrons. The number of ether oxygens (including phenoxy) is 1. The lowest BCUT2D eigenvalue weighted by atomic mass is 10.1. The van der Waals surface area contributed by atoms with Crippen molar-refractivity contribution in [2.45, 2.75) is 19.9 Å². The van der Waals surface area contributed by atoms with E-state index in [0.29, 0.717) is 13.1 Å². The monoisotopic (exact) mass is 312 g/mol. The first-order chi connectivity index (χ1) is 11.1. The van der Waals surface area contributed by atoms with Gasteiger partial charge in [0.2, 0.25) is 5.91 Å². The summed E-state index contributed by atoms with van der Waals surface area (Å²) >= 11 is 0. The van der Waals surface area contributed by atoms with E-state index in [1.807, 2.05) is 54.4 Å². The molecule has 0 aliphatic carbocycles. The van der Waals surface area contributed by atoms with E-state index >= 15 is 0 Å². The highest BCUT2D eigenvalue weighted by Gasteiger charge is 2.10. The van der Waals surface area contributed by atoms with Gasteiger partial charge in [0.05, 0.1) is 13.7 Å². The molecule has 2 aromatic carbocycles.